The number of hydrogen-bond donors (Lipinski definition) is 1. The average molecular weight is 276 g/mol. The van der Waals surface area contributed by atoms with E-state index in [1.807, 2.05) is 38.2 Å². The summed E-state index contributed by atoms with van der Waals surface area (Å²) in [5, 5.41) is 3.30. The second-order valence-electron chi connectivity index (χ2n) is 5.27. The van der Waals surface area contributed by atoms with Gasteiger partial charge in [0.1, 0.15) is 5.75 Å². The Hall–Kier alpha value is -1.55. The maximum absolute atomic E-state index is 12.3. The molecule has 0 aliphatic carbocycles. The van der Waals surface area contributed by atoms with Crippen LogP contribution in [-0.2, 0) is 11.3 Å². The van der Waals surface area contributed by atoms with Gasteiger partial charge in [0.15, 0.2) is 0 Å². The fourth-order valence-corrected chi connectivity index (χ4v) is 2.54. The van der Waals surface area contributed by atoms with Crippen LogP contribution in [0.1, 0.15) is 31.7 Å². The van der Waals surface area contributed by atoms with Gasteiger partial charge in [0.2, 0.25) is 5.91 Å². The smallest absolute Gasteiger partial charge is 0.239 e. The van der Waals surface area contributed by atoms with Crippen LogP contribution in [0.3, 0.4) is 0 Å². The SMILES string of the molecule is CCOc1ccc(CN(C)C(=O)[C@@H]2CCCCN2)cc1. The van der Waals surface area contributed by atoms with Crippen LogP contribution in [0.4, 0.5) is 0 Å². The third-order valence-corrected chi connectivity index (χ3v) is 3.64. The summed E-state index contributed by atoms with van der Waals surface area (Å²) in [5.41, 5.74) is 1.13. The van der Waals surface area contributed by atoms with Crippen molar-refractivity contribution in [2.45, 2.75) is 38.8 Å². The molecule has 0 aromatic heterocycles. The largest absolute Gasteiger partial charge is 0.494 e. The number of nitrogens with zero attached hydrogens (tertiary/aromatic N) is 1. The van der Waals surface area contributed by atoms with E-state index < -0.39 is 0 Å². The predicted octanol–water partition coefficient (Wildman–Crippen LogP) is 2.19. The highest BCUT2D eigenvalue weighted by atomic mass is 16.5. The van der Waals surface area contributed by atoms with Gasteiger partial charge in [-0.25, -0.2) is 0 Å². The van der Waals surface area contributed by atoms with Crippen molar-refractivity contribution < 1.29 is 9.53 Å². The highest BCUT2D eigenvalue weighted by Crippen LogP contribution is 2.15. The minimum absolute atomic E-state index is 0.00329. The van der Waals surface area contributed by atoms with E-state index in [0.29, 0.717) is 13.2 Å². The number of piperidine rings is 1. The molecule has 0 saturated carbocycles. The van der Waals surface area contributed by atoms with Gasteiger partial charge < -0.3 is 15.0 Å². The Morgan fingerprint density at radius 1 is 1.35 bits per heavy atom. The van der Waals surface area contributed by atoms with Crippen molar-refractivity contribution in [3.05, 3.63) is 29.8 Å². The molecule has 1 saturated heterocycles. The first kappa shape index (κ1) is 14.9. The molecule has 2 rings (SSSR count). The lowest BCUT2D eigenvalue weighted by atomic mass is 10.0. The number of carbonyl (C=O) groups excluding carboxylic acids is 1. The van der Waals surface area contributed by atoms with Crippen LogP contribution in [0.25, 0.3) is 0 Å². The van der Waals surface area contributed by atoms with Crippen LogP contribution in [0, 0.1) is 0 Å². The quantitative estimate of drug-likeness (QED) is 0.896. The Balaban J connectivity index is 1.89. The number of likely N-dealkylation sites (N-methyl/N-ethyl adjacent to an activating group) is 1. The summed E-state index contributed by atoms with van der Waals surface area (Å²) in [6.45, 7) is 4.24. The summed E-state index contributed by atoms with van der Waals surface area (Å²) in [5.74, 6) is 1.07. The highest BCUT2D eigenvalue weighted by Gasteiger charge is 2.23. The van der Waals surface area contributed by atoms with E-state index in [-0.39, 0.29) is 11.9 Å². The zero-order valence-electron chi connectivity index (χ0n) is 12.4. The van der Waals surface area contributed by atoms with Gasteiger partial charge in [-0.2, -0.15) is 0 Å². The van der Waals surface area contributed by atoms with Crippen LogP contribution in [0.2, 0.25) is 0 Å². The van der Waals surface area contributed by atoms with Gasteiger partial charge in [-0.05, 0) is 44.0 Å². The van der Waals surface area contributed by atoms with Crippen molar-refractivity contribution in [3.63, 3.8) is 0 Å². The molecule has 1 aromatic carbocycles. The van der Waals surface area contributed by atoms with Gasteiger partial charge >= 0.3 is 0 Å². The minimum Gasteiger partial charge on any atom is -0.494 e. The maximum Gasteiger partial charge on any atom is 0.239 e. The van der Waals surface area contributed by atoms with E-state index in [1.54, 1.807) is 4.90 Å². The normalized spacial score (nSPS) is 18.6. The van der Waals surface area contributed by atoms with Crippen molar-refractivity contribution in [3.8, 4) is 5.75 Å². The minimum atomic E-state index is -0.00329. The van der Waals surface area contributed by atoms with Crippen LogP contribution in [0.5, 0.6) is 5.75 Å². The number of ether oxygens (including phenoxy) is 1. The van der Waals surface area contributed by atoms with Crippen molar-refractivity contribution in [2.24, 2.45) is 0 Å². The maximum atomic E-state index is 12.3. The molecule has 1 aliphatic heterocycles. The number of amides is 1. The molecule has 20 heavy (non-hydrogen) atoms. The molecular weight excluding hydrogens is 252 g/mol. The molecule has 4 nitrogen and oxygen atoms in total. The number of hydrogen-bond acceptors (Lipinski definition) is 3. The Bertz CT molecular complexity index is 425. The molecule has 110 valence electrons. The first-order valence-corrected chi connectivity index (χ1v) is 7.41. The lowest BCUT2D eigenvalue weighted by Gasteiger charge is -2.27. The standard InChI is InChI=1S/C16H24N2O2/c1-3-20-14-9-7-13(8-10-14)12-18(2)16(19)15-6-4-5-11-17-15/h7-10,15,17H,3-6,11-12H2,1-2H3/t15-/m0/s1. The van der Waals surface area contributed by atoms with Gasteiger partial charge in [-0.1, -0.05) is 18.6 Å². The van der Waals surface area contributed by atoms with Gasteiger partial charge in [0.25, 0.3) is 0 Å². The fraction of sp³-hybridized carbons (Fsp3) is 0.562. The van der Waals surface area contributed by atoms with Gasteiger partial charge in [-0.3, -0.25) is 4.79 Å². The molecule has 0 unspecified atom stereocenters. The third kappa shape index (κ3) is 3.97. The van der Waals surface area contributed by atoms with E-state index in [2.05, 4.69) is 5.32 Å². The summed E-state index contributed by atoms with van der Waals surface area (Å²) in [4.78, 5) is 14.1. The lowest BCUT2D eigenvalue weighted by Crippen LogP contribution is -2.46. The Morgan fingerprint density at radius 2 is 2.10 bits per heavy atom. The van der Waals surface area contributed by atoms with E-state index >= 15 is 0 Å². The molecule has 1 aliphatic rings. The Kier molecular flexibility index (Phi) is 5.41. The van der Waals surface area contributed by atoms with Gasteiger partial charge in [0.05, 0.1) is 12.6 Å². The molecule has 4 heteroatoms. The Labute approximate surface area is 121 Å². The van der Waals surface area contributed by atoms with Crippen molar-refractivity contribution in [2.75, 3.05) is 20.2 Å². The molecule has 0 spiro atoms. The number of benzene rings is 1. The van der Waals surface area contributed by atoms with Crippen LogP contribution in [-0.4, -0.2) is 37.0 Å². The van der Waals surface area contributed by atoms with E-state index in [1.165, 1.54) is 6.42 Å². The van der Waals surface area contributed by atoms with Crippen molar-refractivity contribution in [1.29, 1.82) is 0 Å². The first-order chi connectivity index (χ1) is 9.70. The second-order valence-corrected chi connectivity index (χ2v) is 5.27. The van der Waals surface area contributed by atoms with Gasteiger partial charge in [0, 0.05) is 13.6 Å². The molecule has 1 amide bonds. The van der Waals surface area contributed by atoms with Crippen LogP contribution >= 0.6 is 0 Å². The summed E-state index contributed by atoms with van der Waals surface area (Å²) >= 11 is 0. The fourth-order valence-electron chi connectivity index (χ4n) is 2.54. The molecule has 0 bridgehead atoms. The number of rotatable bonds is 5. The zero-order valence-corrected chi connectivity index (χ0v) is 12.4. The second kappa shape index (κ2) is 7.29. The Morgan fingerprint density at radius 3 is 2.70 bits per heavy atom. The van der Waals surface area contributed by atoms with Gasteiger partial charge in [-0.15, -0.1) is 0 Å². The van der Waals surface area contributed by atoms with Crippen molar-refractivity contribution in [1.82, 2.24) is 10.2 Å². The molecular formula is C16H24N2O2. The summed E-state index contributed by atoms with van der Waals surface area (Å²) < 4.78 is 5.42. The van der Waals surface area contributed by atoms with Crippen LogP contribution in [0.15, 0.2) is 24.3 Å². The molecule has 1 atom stereocenters. The van der Waals surface area contributed by atoms with E-state index in [0.717, 1.165) is 30.7 Å². The van der Waals surface area contributed by atoms with Crippen LogP contribution < -0.4 is 10.1 Å². The summed E-state index contributed by atoms with van der Waals surface area (Å²) in [6, 6.07) is 7.94. The van der Waals surface area contributed by atoms with E-state index in [4.69, 9.17) is 4.74 Å². The summed E-state index contributed by atoms with van der Waals surface area (Å²) in [6.07, 6.45) is 3.26. The third-order valence-electron chi connectivity index (χ3n) is 3.64. The predicted molar refractivity (Wildman–Crippen MR) is 79.7 cm³/mol. The zero-order chi connectivity index (χ0) is 14.4. The summed E-state index contributed by atoms with van der Waals surface area (Å²) in [7, 11) is 1.87. The lowest BCUT2D eigenvalue weighted by molar-refractivity contribution is -0.133. The molecule has 1 aromatic rings. The molecule has 0 radical (unpaired) electrons. The number of carbonyl (C=O) groups is 1. The molecule has 1 fully saturated rings. The molecule has 1 N–H and O–H groups in total. The highest BCUT2D eigenvalue weighted by molar-refractivity contribution is 5.81. The number of nitrogens with one attached hydrogen (secondary N) is 1. The van der Waals surface area contributed by atoms with E-state index in [9.17, 15) is 4.79 Å². The average Bonchev–Trinajstić information content (AvgIpc) is 2.49. The van der Waals surface area contributed by atoms with Crippen molar-refractivity contribution >= 4 is 5.91 Å². The topological polar surface area (TPSA) is 41.6 Å². The molecule has 1 heterocycles. The monoisotopic (exact) mass is 276 g/mol. The first-order valence-electron chi connectivity index (χ1n) is 7.41.